The van der Waals surface area contributed by atoms with Crippen molar-refractivity contribution >= 4 is 9.84 Å². The molecular formula is C7H16O2S. The Morgan fingerprint density at radius 3 is 1.70 bits per heavy atom. The van der Waals surface area contributed by atoms with E-state index in [2.05, 4.69) is 0 Å². The van der Waals surface area contributed by atoms with Gasteiger partial charge in [0, 0.05) is 0 Å². The van der Waals surface area contributed by atoms with Crippen LogP contribution in [0.3, 0.4) is 0 Å². The van der Waals surface area contributed by atoms with E-state index in [0.29, 0.717) is 12.2 Å². The highest BCUT2D eigenvalue weighted by Gasteiger charge is 2.27. The van der Waals surface area contributed by atoms with Gasteiger partial charge in [-0.25, -0.2) is 8.42 Å². The Hall–Kier alpha value is -0.0500. The molecule has 0 aliphatic heterocycles. The van der Waals surface area contributed by atoms with Gasteiger partial charge in [-0.1, -0.05) is 6.92 Å². The second kappa shape index (κ2) is 2.91. The summed E-state index contributed by atoms with van der Waals surface area (Å²) in [7, 11) is -2.85. The molecule has 0 aromatic carbocycles. The van der Waals surface area contributed by atoms with Crippen LogP contribution in [0.5, 0.6) is 0 Å². The van der Waals surface area contributed by atoms with E-state index in [-0.39, 0.29) is 0 Å². The molecule has 0 radical (unpaired) electrons. The lowest BCUT2D eigenvalue weighted by atomic mass is 10.3. The predicted molar refractivity (Wildman–Crippen MR) is 43.8 cm³/mol. The minimum absolute atomic E-state index is 0.302. The molecule has 0 fully saturated rings. The summed E-state index contributed by atoms with van der Waals surface area (Å²) in [5, 5.41) is 0. The van der Waals surface area contributed by atoms with Crippen LogP contribution in [0, 0.1) is 0 Å². The molecule has 0 aromatic rings. The van der Waals surface area contributed by atoms with E-state index in [4.69, 9.17) is 0 Å². The fourth-order valence-corrected chi connectivity index (χ4v) is 1.72. The molecule has 0 aliphatic carbocycles. The first-order chi connectivity index (χ1) is 4.31. The van der Waals surface area contributed by atoms with Gasteiger partial charge in [0.15, 0.2) is 9.84 Å². The van der Waals surface area contributed by atoms with Crippen molar-refractivity contribution in [3.05, 3.63) is 0 Å². The maximum atomic E-state index is 11.3. The van der Waals surface area contributed by atoms with Crippen LogP contribution < -0.4 is 0 Å². The van der Waals surface area contributed by atoms with Crippen LogP contribution in [0.25, 0.3) is 0 Å². The maximum absolute atomic E-state index is 11.3. The molecular weight excluding hydrogens is 148 g/mol. The lowest BCUT2D eigenvalue weighted by Crippen LogP contribution is -2.30. The smallest absolute Gasteiger partial charge is 0.155 e. The first-order valence-electron chi connectivity index (χ1n) is 3.53. The van der Waals surface area contributed by atoms with Crippen molar-refractivity contribution in [2.45, 2.75) is 38.9 Å². The lowest BCUT2D eigenvalue weighted by molar-refractivity contribution is 0.559. The molecule has 0 N–H and O–H groups in total. The molecule has 0 unspecified atom stereocenters. The van der Waals surface area contributed by atoms with E-state index in [0.717, 1.165) is 0 Å². The van der Waals surface area contributed by atoms with Gasteiger partial charge in [-0.2, -0.15) is 0 Å². The second-order valence-electron chi connectivity index (χ2n) is 3.43. The Bertz CT molecular complexity index is 184. The third-order valence-corrected chi connectivity index (χ3v) is 4.22. The average molecular weight is 164 g/mol. The predicted octanol–water partition coefficient (Wildman–Crippen LogP) is 1.61. The highest BCUT2D eigenvalue weighted by molar-refractivity contribution is 7.92. The van der Waals surface area contributed by atoms with Crippen molar-refractivity contribution in [3.8, 4) is 0 Å². The van der Waals surface area contributed by atoms with Gasteiger partial charge in [-0.3, -0.25) is 0 Å². The van der Waals surface area contributed by atoms with Crippen LogP contribution in [-0.4, -0.2) is 18.9 Å². The van der Waals surface area contributed by atoms with Crippen LogP contribution >= 0.6 is 0 Å². The van der Waals surface area contributed by atoms with E-state index < -0.39 is 14.6 Å². The highest BCUT2D eigenvalue weighted by Crippen LogP contribution is 2.16. The average Bonchev–Trinajstić information content (AvgIpc) is 1.61. The minimum Gasteiger partial charge on any atom is -0.228 e. The van der Waals surface area contributed by atoms with Gasteiger partial charge in [0.2, 0.25) is 0 Å². The molecule has 10 heavy (non-hydrogen) atoms. The fraction of sp³-hybridized carbons (Fsp3) is 1.00. The van der Waals surface area contributed by atoms with Crippen LogP contribution in [-0.2, 0) is 9.84 Å². The summed E-state index contributed by atoms with van der Waals surface area (Å²) in [6.07, 6.45) is 0.708. The van der Waals surface area contributed by atoms with Crippen LogP contribution in [0.1, 0.15) is 34.1 Å². The lowest BCUT2D eigenvalue weighted by Gasteiger charge is -2.17. The Labute approximate surface area is 63.6 Å². The quantitative estimate of drug-likeness (QED) is 0.621. The minimum atomic E-state index is -2.85. The molecule has 0 atom stereocenters. The number of sulfone groups is 1. The normalized spacial score (nSPS) is 13.6. The number of rotatable bonds is 2. The number of hydrogen-bond donors (Lipinski definition) is 0. The summed E-state index contributed by atoms with van der Waals surface area (Å²) < 4.78 is 21.9. The third-order valence-electron chi connectivity index (χ3n) is 1.41. The Morgan fingerprint density at radius 1 is 1.20 bits per heavy atom. The SMILES string of the molecule is CCCS(=O)(=O)C(C)(C)C. The zero-order valence-corrected chi connectivity index (χ0v) is 7.96. The maximum Gasteiger partial charge on any atom is 0.155 e. The summed E-state index contributed by atoms with van der Waals surface area (Å²) >= 11 is 0. The van der Waals surface area contributed by atoms with Gasteiger partial charge in [0.05, 0.1) is 10.5 Å². The van der Waals surface area contributed by atoms with E-state index in [1.54, 1.807) is 20.8 Å². The van der Waals surface area contributed by atoms with Crippen LogP contribution in [0.2, 0.25) is 0 Å². The van der Waals surface area contributed by atoms with Gasteiger partial charge in [-0.15, -0.1) is 0 Å². The van der Waals surface area contributed by atoms with E-state index in [1.165, 1.54) is 0 Å². The van der Waals surface area contributed by atoms with Crippen molar-refractivity contribution in [3.63, 3.8) is 0 Å². The first kappa shape index (κ1) is 9.95. The van der Waals surface area contributed by atoms with Crippen molar-refractivity contribution in [1.82, 2.24) is 0 Å². The second-order valence-corrected chi connectivity index (χ2v) is 6.29. The molecule has 2 nitrogen and oxygen atoms in total. The van der Waals surface area contributed by atoms with Gasteiger partial charge in [0.25, 0.3) is 0 Å². The first-order valence-corrected chi connectivity index (χ1v) is 5.19. The third kappa shape index (κ3) is 2.29. The van der Waals surface area contributed by atoms with Gasteiger partial charge < -0.3 is 0 Å². The molecule has 62 valence electrons. The van der Waals surface area contributed by atoms with E-state index >= 15 is 0 Å². The van der Waals surface area contributed by atoms with Gasteiger partial charge in [0.1, 0.15) is 0 Å². The molecule has 0 amide bonds. The van der Waals surface area contributed by atoms with Crippen LogP contribution in [0.15, 0.2) is 0 Å². The van der Waals surface area contributed by atoms with Gasteiger partial charge >= 0.3 is 0 Å². The Morgan fingerprint density at radius 2 is 1.60 bits per heavy atom. The summed E-state index contributed by atoms with van der Waals surface area (Å²) in [6.45, 7) is 7.08. The Kier molecular flexibility index (Phi) is 2.89. The molecule has 3 heteroatoms. The molecule has 0 rings (SSSR count). The topological polar surface area (TPSA) is 34.1 Å². The monoisotopic (exact) mass is 164 g/mol. The van der Waals surface area contributed by atoms with Crippen molar-refractivity contribution in [1.29, 1.82) is 0 Å². The molecule has 0 saturated carbocycles. The molecule has 0 aromatic heterocycles. The zero-order valence-electron chi connectivity index (χ0n) is 7.14. The summed E-state index contributed by atoms with van der Waals surface area (Å²) in [6, 6.07) is 0. The number of hydrogen-bond acceptors (Lipinski definition) is 2. The van der Waals surface area contributed by atoms with E-state index in [9.17, 15) is 8.42 Å². The largest absolute Gasteiger partial charge is 0.228 e. The van der Waals surface area contributed by atoms with Gasteiger partial charge in [-0.05, 0) is 27.2 Å². The van der Waals surface area contributed by atoms with Crippen molar-refractivity contribution < 1.29 is 8.42 Å². The summed E-state index contributed by atoms with van der Waals surface area (Å²) in [4.78, 5) is 0. The fourth-order valence-electron chi connectivity index (χ4n) is 0.575. The van der Waals surface area contributed by atoms with Crippen molar-refractivity contribution in [2.24, 2.45) is 0 Å². The molecule has 0 saturated heterocycles. The van der Waals surface area contributed by atoms with Crippen molar-refractivity contribution in [2.75, 3.05) is 5.75 Å². The molecule has 0 heterocycles. The standard InChI is InChI=1S/C7H16O2S/c1-5-6-10(8,9)7(2,3)4/h5-6H2,1-4H3. The Balaban J connectivity index is 4.44. The molecule has 0 spiro atoms. The molecule has 0 aliphatic rings. The highest BCUT2D eigenvalue weighted by atomic mass is 32.2. The van der Waals surface area contributed by atoms with Crippen LogP contribution in [0.4, 0.5) is 0 Å². The zero-order chi connectivity index (χ0) is 8.41. The van der Waals surface area contributed by atoms with E-state index in [1.807, 2.05) is 6.92 Å². The molecule has 0 bridgehead atoms. The summed E-state index contributed by atoms with van der Waals surface area (Å²) in [5.74, 6) is 0.302. The summed E-state index contributed by atoms with van der Waals surface area (Å²) in [5.41, 5.74) is 0.